The van der Waals surface area contributed by atoms with Crippen molar-refractivity contribution in [2.75, 3.05) is 25.2 Å². The minimum Gasteiger partial charge on any atom is -0.394 e. The van der Waals surface area contributed by atoms with Gasteiger partial charge in [0.25, 0.3) is 0 Å². The van der Waals surface area contributed by atoms with Crippen molar-refractivity contribution in [2.45, 2.75) is 32.4 Å². The van der Waals surface area contributed by atoms with Crippen molar-refractivity contribution in [3.05, 3.63) is 35.4 Å². The molecule has 4 nitrogen and oxygen atoms in total. The SMILES string of the molecule is CO[C@@H]1C[C@@H](CO)N(c2cc(C)c3ccc(C)cc3n2)C1. The van der Waals surface area contributed by atoms with E-state index in [0.717, 1.165) is 24.3 Å². The lowest BCUT2D eigenvalue weighted by Gasteiger charge is -2.24. The molecule has 1 aliphatic heterocycles. The molecule has 0 amide bonds. The Bertz CT molecular complexity index is 657. The summed E-state index contributed by atoms with van der Waals surface area (Å²) in [6, 6.07) is 8.55. The molecule has 0 radical (unpaired) electrons. The molecule has 2 aromatic rings. The Balaban J connectivity index is 2.03. The fourth-order valence-electron chi connectivity index (χ4n) is 3.14. The Morgan fingerprint density at radius 3 is 2.86 bits per heavy atom. The van der Waals surface area contributed by atoms with Crippen molar-refractivity contribution in [1.82, 2.24) is 4.98 Å². The highest BCUT2D eigenvalue weighted by molar-refractivity contribution is 5.84. The third-order valence-corrected chi connectivity index (χ3v) is 4.37. The number of rotatable bonds is 3. The Morgan fingerprint density at radius 2 is 2.14 bits per heavy atom. The van der Waals surface area contributed by atoms with Crippen LogP contribution in [0.3, 0.4) is 0 Å². The number of anilines is 1. The summed E-state index contributed by atoms with van der Waals surface area (Å²) in [5.41, 5.74) is 3.44. The summed E-state index contributed by atoms with van der Waals surface area (Å²) in [6.45, 7) is 5.11. The van der Waals surface area contributed by atoms with E-state index in [9.17, 15) is 5.11 Å². The molecule has 1 fully saturated rings. The van der Waals surface area contributed by atoms with Gasteiger partial charge >= 0.3 is 0 Å². The minimum absolute atomic E-state index is 0.0871. The van der Waals surface area contributed by atoms with Crippen LogP contribution < -0.4 is 4.90 Å². The molecule has 0 aliphatic carbocycles. The van der Waals surface area contributed by atoms with E-state index in [1.807, 2.05) is 0 Å². The van der Waals surface area contributed by atoms with E-state index in [1.54, 1.807) is 7.11 Å². The van der Waals surface area contributed by atoms with Crippen molar-refractivity contribution in [1.29, 1.82) is 0 Å². The van der Waals surface area contributed by atoms with Crippen LogP contribution in [0.1, 0.15) is 17.5 Å². The van der Waals surface area contributed by atoms with Crippen LogP contribution >= 0.6 is 0 Å². The number of ether oxygens (including phenoxy) is 1. The molecular weight excluding hydrogens is 264 g/mol. The molecule has 1 N–H and O–H groups in total. The second-order valence-corrected chi connectivity index (χ2v) is 5.90. The molecule has 4 heteroatoms. The van der Waals surface area contributed by atoms with E-state index in [4.69, 9.17) is 9.72 Å². The number of methoxy groups -OCH3 is 1. The minimum atomic E-state index is 0.0871. The smallest absolute Gasteiger partial charge is 0.129 e. The molecule has 2 atom stereocenters. The van der Waals surface area contributed by atoms with Gasteiger partial charge < -0.3 is 14.7 Å². The molecule has 0 unspecified atom stereocenters. The number of fused-ring (bicyclic) bond motifs is 1. The van der Waals surface area contributed by atoms with Crippen molar-refractivity contribution < 1.29 is 9.84 Å². The molecule has 0 saturated carbocycles. The number of aryl methyl sites for hydroxylation is 2. The lowest BCUT2D eigenvalue weighted by atomic mass is 10.1. The number of hydrogen-bond donors (Lipinski definition) is 1. The summed E-state index contributed by atoms with van der Waals surface area (Å²) in [5.74, 6) is 0.934. The zero-order valence-corrected chi connectivity index (χ0v) is 12.8. The van der Waals surface area contributed by atoms with Crippen LogP contribution in [0.2, 0.25) is 0 Å². The summed E-state index contributed by atoms with van der Waals surface area (Å²) in [4.78, 5) is 6.97. The van der Waals surface area contributed by atoms with Gasteiger partial charge in [-0.3, -0.25) is 0 Å². The summed E-state index contributed by atoms with van der Waals surface area (Å²) in [5, 5.41) is 10.8. The quantitative estimate of drug-likeness (QED) is 0.941. The third kappa shape index (κ3) is 2.61. The number of pyridine rings is 1. The number of aliphatic hydroxyl groups is 1. The summed E-state index contributed by atoms with van der Waals surface area (Å²) in [6.07, 6.45) is 1.01. The monoisotopic (exact) mass is 286 g/mol. The number of aromatic nitrogens is 1. The third-order valence-electron chi connectivity index (χ3n) is 4.37. The van der Waals surface area contributed by atoms with Gasteiger partial charge in [-0.25, -0.2) is 4.98 Å². The Hall–Kier alpha value is -1.65. The fraction of sp³-hybridized carbons (Fsp3) is 0.471. The summed E-state index contributed by atoms with van der Waals surface area (Å²) >= 11 is 0. The second kappa shape index (κ2) is 5.62. The van der Waals surface area contributed by atoms with Crippen LogP contribution in [0.5, 0.6) is 0 Å². The Kier molecular flexibility index (Phi) is 3.83. The predicted octanol–water partition coefficient (Wildman–Crippen LogP) is 2.44. The average Bonchev–Trinajstić information content (AvgIpc) is 2.90. The number of hydrogen-bond acceptors (Lipinski definition) is 4. The van der Waals surface area contributed by atoms with Gasteiger partial charge in [-0.15, -0.1) is 0 Å². The molecule has 1 aromatic heterocycles. The van der Waals surface area contributed by atoms with Crippen LogP contribution in [-0.4, -0.2) is 42.5 Å². The van der Waals surface area contributed by atoms with Gasteiger partial charge in [-0.05, 0) is 43.5 Å². The average molecular weight is 286 g/mol. The molecule has 1 saturated heterocycles. The molecular formula is C17H22N2O2. The van der Waals surface area contributed by atoms with E-state index in [0.29, 0.717) is 0 Å². The highest BCUT2D eigenvalue weighted by Crippen LogP contribution is 2.29. The van der Waals surface area contributed by atoms with Gasteiger partial charge in [0.2, 0.25) is 0 Å². The van der Waals surface area contributed by atoms with E-state index in [2.05, 4.69) is 43.0 Å². The predicted molar refractivity (Wildman–Crippen MR) is 84.9 cm³/mol. The molecule has 1 aromatic carbocycles. The van der Waals surface area contributed by atoms with Crippen molar-refractivity contribution in [3.8, 4) is 0 Å². The molecule has 21 heavy (non-hydrogen) atoms. The maximum Gasteiger partial charge on any atom is 0.129 e. The van der Waals surface area contributed by atoms with Gasteiger partial charge in [0.1, 0.15) is 5.82 Å². The molecule has 112 valence electrons. The zero-order valence-electron chi connectivity index (χ0n) is 12.8. The van der Waals surface area contributed by atoms with E-state index in [-0.39, 0.29) is 18.8 Å². The maximum atomic E-state index is 9.61. The van der Waals surface area contributed by atoms with Crippen LogP contribution in [0.25, 0.3) is 10.9 Å². The number of aliphatic hydroxyl groups excluding tert-OH is 1. The van der Waals surface area contributed by atoms with Crippen LogP contribution in [0, 0.1) is 13.8 Å². The van der Waals surface area contributed by atoms with Gasteiger partial charge in [0, 0.05) is 19.0 Å². The molecule has 0 bridgehead atoms. The van der Waals surface area contributed by atoms with Gasteiger partial charge in [0.15, 0.2) is 0 Å². The van der Waals surface area contributed by atoms with Crippen LogP contribution in [0.15, 0.2) is 24.3 Å². The van der Waals surface area contributed by atoms with Crippen molar-refractivity contribution in [3.63, 3.8) is 0 Å². The first kappa shape index (κ1) is 14.3. The number of nitrogens with zero attached hydrogens (tertiary/aromatic N) is 2. The summed E-state index contributed by atoms with van der Waals surface area (Å²) < 4.78 is 5.45. The van der Waals surface area contributed by atoms with Gasteiger partial charge in [-0.1, -0.05) is 12.1 Å². The maximum absolute atomic E-state index is 9.61. The molecule has 0 spiro atoms. The standard InChI is InChI=1S/C17H22N2O2/c1-11-4-5-15-12(2)7-17(18-16(15)6-11)19-9-14(21-3)8-13(19)10-20/h4-7,13-14,20H,8-10H2,1-3H3/t13-,14+/m0/s1. The first-order valence-electron chi connectivity index (χ1n) is 7.40. The van der Waals surface area contributed by atoms with E-state index in [1.165, 1.54) is 16.5 Å². The molecule has 3 rings (SSSR count). The van der Waals surface area contributed by atoms with Crippen LogP contribution in [-0.2, 0) is 4.74 Å². The summed E-state index contributed by atoms with van der Waals surface area (Å²) in [7, 11) is 1.73. The lowest BCUT2D eigenvalue weighted by molar-refractivity contribution is 0.115. The largest absolute Gasteiger partial charge is 0.394 e. The number of benzene rings is 1. The topological polar surface area (TPSA) is 45.6 Å². The second-order valence-electron chi connectivity index (χ2n) is 5.90. The van der Waals surface area contributed by atoms with Crippen molar-refractivity contribution in [2.24, 2.45) is 0 Å². The molecule has 2 heterocycles. The Labute approximate surface area is 125 Å². The lowest BCUT2D eigenvalue weighted by Crippen LogP contribution is -2.33. The normalized spacial score (nSPS) is 22.2. The van der Waals surface area contributed by atoms with Crippen LogP contribution in [0.4, 0.5) is 5.82 Å². The van der Waals surface area contributed by atoms with E-state index < -0.39 is 0 Å². The first-order valence-corrected chi connectivity index (χ1v) is 7.40. The zero-order chi connectivity index (χ0) is 15.0. The molecule has 1 aliphatic rings. The van der Waals surface area contributed by atoms with Gasteiger partial charge in [0.05, 0.1) is 24.3 Å². The fourth-order valence-corrected chi connectivity index (χ4v) is 3.14. The van der Waals surface area contributed by atoms with Gasteiger partial charge in [-0.2, -0.15) is 0 Å². The first-order chi connectivity index (χ1) is 10.1. The highest BCUT2D eigenvalue weighted by Gasteiger charge is 2.32. The van der Waals surface area contributed by atoms with E-state index >= 15 is 0 Å². The Morgan fingerprint density at radius 1 is 1.33 bits per heavy atom. The highest BCUT2D eigenvalue weighted by atomic mass is 16.5. The van der Waals surface area contributed by atoms with Crippen molar-refractivity contribution >= 4 is 16.7 Å².